The lowest BCUT2D eigenvalue weighted by Gasteiger charge is -2.12. The summed E-state index contributed by atoms with van der Waals surface area (Å²) in [5.74, 6) is 1.49. The van der Waals surface area contributed by atoms with Crippen LogP contribution in [0.1, 0.15) is 19.8 Å². The fourth-order valence-corrected chi connectivity index (χ4v) is 1.91. The molecule has 0 heterocycles. The molecule has 4 heteroatoms. The van der Waals surface area contributed by atoms with Crippen molar-refractivity contribution in [3.63, 3.8) is 0 Å². The maximum Gasteiger partial charge on any atom is 0.227 e. The molecule has 0 saturated heterocycles. The topological polar surface area (TPSA) is 64.3 Å². The normalized spacial score (nSPS) is 16.1. The SMILES string of the molecule is CC(C(=O)Nc1cccc(OCCN)c1)C1CC1. The summed E-state index contributed by atoms with van der Waals surface area (Å²) in [6.07, 6.45) is 2.35. The first kappa shape index (κ1) is 12.9. The number of rotatable bonds is 6. The van der Waals surface area contributed by atoms with Crippen molar-refractivity contribution < 1.29 is 9.53 Å². The summed E-state index contributed by atoms with van der Waals surface area (Å²) in [6.45, 7) is 2.95. The zero-order valence-corrected chi connectivity index (χ0v) is 10.7. The first-order valence-electron chi connectivity index (χ1n) is 6.44. The second-order valence-electron chi connectivity index (χ2n) is 4.78. The molecule has 3 N–H and O–H groups in total. The van der Waals surface area contributed by atoms with E-state index in [9.17, 15) is 4.79 Å². The average molecular weight is 248 g/mol. The van der Waals surface area contributed by atoms with Crippen LogP contribution in [0.5, 0.6) is 5.75 Å². The molecule has 98 valence electrons. The molecule has 1 atom stereocenters. The molecule has 0 radical (unpaired) electrons. The Kier molecular flexibility index (Phi) is 4.20. The Morgan fingerprint density at radius 3 is 3.00 bits per heavy atom. The molecule has 1 aliphatic rings. The van der Waals surface area contributed by atoms with Gasteiger partial charge in [0, 0.05) is 24.2 Å². The van der Waals surface area contributed by atoms with Crippen LogP contribution in [0, 0.1) is 11.8 Å². The number of nitrogens with two attached hydrogens (primary N) is 1. The van der Waals surface area contributed by atoms with Gasteiger partial charge in [0.05, 0.1) is 0 Å². The van der Waals surface area contributed by atoms with E-state index in [0.717, 1.165) is 11.4 Å². The number of anilines is 1. The van der Waals surface area contributed by atoms with E-state index < -0.39 is 0 Å². The number of hydrogen-bond donors (Lipinski definition) is 2. The maximum absolute atomic E-state index is 11.9. The number of carbonyl (C=O) groups is 1. The van der Waals surface area contributed by atoms with E-state index in [-0.39, 0.29) is 11.8 Å². The smallest absolute Gasteiger partial charge is 0.227 e. The van der Waals surface area contributed by atoms with E-state index in [4.69, 9.17) is 10.5 Å². The van der Waals surface area contributed by atoms with Crippen molar-refractivity contribution in [1.82, 2.24) is 0 Å². The van der Waals surface area contributed by atoms with Gasteiger partial charge in [0.2, 0.25) is 5.91 Å². The van der Waals surface area contributed by atoms with Crippen molar-refractivity contribution in [2.45, 2.75) is 19.8 Å². The Labute approximate surface area is 108 Å². The van der Waals surface area contributed by atoms with Gasteiger partial charge in [-0.2, -0.15) is 0 Å². The zero-order valence-electron chi connectivity index (χ0n) is 10.7. The van der Waals surface area contributed by atoms with Gasteiger partial charge in [-0.15, -0.1) is 0 Å². The van der Waals surface area contributed by atoms with Gasteiger partial charge in [-0.3, -0.25) is 4.79 Å². The van der Waals surface area contributed by atoms with Gasteiger partial charge in [0.15, 0.2) is 0 Å². The molecule has 4 nitrogen and oxygen atoms in total. The molecular formula is C14H20N2O2. The Balaban J connectivity index is 1.93. The van der Waals surface area contributed by atoms with Crippen LogP contribution in [0.15, 0.2) is 24.3 Å². The van der Waals surface area contributed by atoms with Gasteiger partial charge in [-0.05, 0) is 30.9 Å². The highest BCUT2D eigenvalue weighted by molar-refractivity contribution is 5.92. The third kappa shape index (κ3) is 3.47. The second-order valence-corrected chi connectivity index (χ2v) is 4.78. The van der Waals surface area contributed by atoms with Crippen molar-refractivity contribution in [3.05, 3.63) is 24.3 Å². The monoisotopic (exact) mass is 248 g/mol. The molecule has 1 aromatic carbocycles. The minimum Gasteiger partial charge on any atom is -0.492 e. The Hall–Kier alpha value is -1.55. The van der Waals surface area contributed by atoms with E-state index in [1.165, 1.54) is 12.8 Å². The summed E-state index contributed by atoms with van der Waals surface area (Å²) in [4.78, 5) is 11.9. The molecule has 0 aliphatic heterocycles. The standard InChI is InChI=1S/C14H20N2O2/c1-10(11-5-6-11)14(17)16-12-3-2-4-13(9-12)18-8-7-15/h2-4,9-11H,5-8,15H2,1H3,(H,16,17). The molecule has 1 aromatic rings. The predicted octanol–water partition coefficient (Wildman–Crippen LogP) is 2.01. The summed E-state index contributed by atoms with van der Waals surface area (Å²) in [5.41, 5.74) is 6.16. The van der Waals surface area contributed by atoms with E-state index in [0.29, 0.717) is 19.1 Å². The molecule has 1 amide bonds. The number of benzene rings is 1. The highest BCUT2D eigenvalue weighted by Gasteiger charge is 2.32. The van der Waals surface area contributed by atoms with Gasteiger partial charge in [-0.25, -0.2) is 0 Å². The Morgan fingerprint density at radius 2 is 2.33 bits per heavy atom. The molecule has 1 saturated carbocycles. The first-order valence-corrected chi connectivity index (χ1v) is 6.44. The highest BCUT2D eigenvalue weighted by Crippen LogP contribution is 2.37. The summed E-state index contributed by atoms with van der Waals surface area (Å²) in [7, 11) is 0. The number of ether oxygens (including phenoxy) is 1. The summed E-state index contributed by atoms with van der Waals surface area (Å²) < 4.78 is 5.42. The van der Waals surface area contributed by atoms with Crippen LogP contribution >= 0.6 is 0 Å². The molecule has 0 spiro atoms. The summed E-state index contributed by atoms with van der Waals surface area (Å²) in [5, 5.41) is 2.93. The van der Waals surface area contributed by atoms with E-state index in [1.54, 1.807) is 0 Å². The van der Waals surface area contributed by atoms with E-state index >= 15 is 0 Å². The fraction of sp³-hybridized carbons (Fsp3) is 0.500. The third-order valence-corrected chi connectivity index (χ3v) is 3.23. The molecule has 18 heavy (non-hydrogen) atoms. The van der Waals surface area contributed by atoms with Crippen molar-refractivity contribution in [1.29, 1.82) is 0 Å². The molecule has 1 aliphatic carbocycles. The van der Waals surface area contributed by atoms with Gasteiger partial charge >= 0.3 is 0 Å². The lowest BCUT2D eigenvalue weighted by molar-refractivity contribution is -0.119. The van der Waals surface area contributed by atoms with Crippen molar-refractivity contribution in [2.24, 2.45) is 17.6 Å². The van der Waals surface area contributed by atoms with Crippen molar-refractivity contribution in [3.8, 4) is 5.75 Å². The molecular weight excluding hydrogens is 228 g/mol. The average Bonchev–Trinajstić information content (AvgIpc) is 3.20. The predicted molar refractivity (Wildman–Crippen MR) is 71.5 cm³/mol. The van der Waals surface area contributed by atoms with Crippen molar-refractivity contribution in [2.75, 3.05) is 18.5 Å². The highest BCUT2D eigenvalue weighted by atomic mass is 16.5. The minimum atomic E-state index is 0.0912. The van der Waals surface area contributed by atoms with Crippen LogP contribution in [0.4, 0.5) is 5.69 Å². The van der Waals surface area contributed by atoms with Crippen molar-refractivity contribution >= 4 is 11.6 Å². The van der Waals surface area contributed by atoms with Gasteiger partial charge in [0.1, 0.15) is 12.4 Å². The maximum atomic E-state index is 11.9. The van der Waals surface area contributed by atoms with Crippen LogP contribution in [0.3, 0.4) is 0 Å². The molecule has 0 bridgehead atoms. The lowest BCUT2D eigenvalue weighted by atomic mass is 10.1. The Morgan fingerprint density at radius 1 is 1.56 bits per heavy atom. The molecule has 2 rings (SSSR count). The molecule has 0 aromatic heterocycles. The Bertz CT molecular complexity index is 416. The van der Waals surface area contributed by atoms with Gasteiger partial charge < -0.3 is 15.8 Å². The summed E-state index contributed by atoms with van der Waals surface area (Å²) in [6, 6.07) is 7.42. The minimum absolute atomic E-state index is 0.0912. The van der Waals surface area contributed by atoms with E-state index in [2.05, 4.69) is 5.32 Å². The van der Waals surface area contributed by atoms with Gasteiger partial charge in [0.25, 0.3) is 0 Å². The van der Waals surface area contributed by atoms with Gasteiger partial charge in [-0.1, -0.05) is 13.0 Å². The van der Waals surface area contributed by atoms with Crippen LogP contribution in [0.2, 0.25) is 0 Å². The quantitative estimate of drug-likeness (QED) is 0.809. The van der Waals surface area contributed by atoms with Crippen LogP contribution in [-0.2, 0) is 4.79 Å². The second kappa shape index (κ2) is 5.87. The number of carbonyl (C=O) groups excluding carboxylic acids is 1. The molecule has 1 unspecified atom stereocenters. The largest absolute Gasteiger partial charge is 0.492 e. The van der Waals surface area contributed by atoms with Crippen LogP contribution in [0.25, 0.3) is 0 Å². The fourth-order valence-electron chi connectivity index (χ4n) is 1.91. The van der Waals surface area contributed by atoms with Crippen LogP contribution < -0.4 is 15.8 Å². The van der Waals surface area contributed by atoms with Crippen LogP contribution in [-0.4, -0.2) is 19.1 Å². The molecule has 1 fully saturated rings. The summed E-state index contributed by atoms with van der Waals surface area (Å²) >= 11 is 0. The third-order valence-electron chi connectivity index (χ3n) is 3.23. The van der Waals surface area contributed by atoms with E-state index in [1.807, 2.05) is 31.2 Å². The number of nitrogens with one attached hydrogen (secondary N) is 1. The first-order chi connectivity index (χ1) is 8.70. The zero-order chi connectivity index (χ0) is 13.0. The lowest BCUT2D eigenvalue weighted by Crippen LogP contribution is -2.21. The number of amides is 1. The number of hydrogen-bond acceptors (Lipinski definition) is 3.